The summed E-state index contributed by atoms with van der Waals surface area (Å²) in [7, 11) is 4.45. The van der Waals surface area contributed by atoms with Gasteiger partial charge >= 0.3 is 0 Å². The molecule has 0 radical (unpaired) electrons. The van der Waals surface area contributed by atoms with Crippen molar-refractivity contribution in [1.29, 1.82) is 0 Å². The standard InChI is InChI=1S/C32H42F2N2O3S/c1-22-10-12-24(13-11-22)28-19-14-25(20-29(28)38-4)32(33,34)30(31(37)36(2)3)35-40-27-17-15-26(16-18-27)39-21-23-8-6-5-7-9-23/h10-15,17,19-20,23,26-27,30,35H,5-9,16,18,21H2,1-4H3/t26?,27?,30-/m1/s1. The van der Waals surface area contributed by atoms with Crippen LogP contribution in [0.25, 0.3) is 11.1 Å². The molecule has 0 aliphatic heterocycles. The number of carbonyl (C=O) groups excluding carboxylic acids is 1. The number of nitrogens with one attached hydrogen (secondary N) is 1. The number of hydrogen-bond acceptors (Lipinski definition) is 5. The first-order valence-corrected chi connectivity index (χ1v) is 15.1. The van der Waals surface area contributed by atoms with Crippen LogP contribution in [0.1, 0.15) is 56.1 Å². The normalized spacial score (nSPS) is 20.8. The summed E-state index contributed by atoms with van der Waals surface area (Å²) < 4.78 is 46.5. The number of benzene rings is 2. The first-order valence-electron chi connectivity index (χ1n) is 14.2. The van der Waals surface area contributed by atoms with E-state index in [4.69, 9.17) is 9.47 Å². The summed E-state index contributed by atoms with van der Waals surface area (Å²) in [5, 5.41) is -0.0266. The van der Waals surface area contributed by atoms with Crippen molar-refractivity contribution in [1.82, 2.24) is 9.62 Å². The summed E-state index contributed by atoms with van der Waals surface area (Å²) in [5.41, 5.74) is 2.42. The van der Waals surface area contributed by atoms with Gasteiger partial charge in [0, 0.05) is 30.5 Å². The zero-order valence-electron chi connectivity index (χ0n) is 24.0. The molecule has 1 fully saturated rings. The number of likely N-dealkylation sites (N-methyl/N-ethyl adjacent to an activating group) is 1. The fourth-order valence-electron chi connectivity index (χ4n) is 5.35. The number of rotatable bonds is 11. The number of ether oxygens (including phenoxy) is 2. The summed E-state index contributed by atoms with van der Waals surface area (Å²) in [6, 6.07) is 10.4. The van der Waals surface area contributed by atoms with E-state index < -0.39 is 17.9 Å². The third kappa shape index (κ3) is 7.65. The average Bonchev–Trinajstić information content (AvgIpc) is 2.97. The minimum Gasteiger partial charge on any atom is -0.496 e. The third-order valence-corrected chi connectivity index (χ3v) is 8.95. The number of halogens is 2. The van der Waals surface area contributed by atoms with Crippen LogP contribution in [0, 0.1) is 12.8 Å². The number of carbonyl (C=O) groups is 1. The molecule has 2 aliphatic carbocycles. The molecule has 1 amide bonds. The molecule has 5 nitrogen and oxygen atoms in total. The van der Waals surface area contributed by atoms with E-state index in [-0.39, 0.29) is 16.9 Å². The van der Waals surface area contributed by atoms with Gasteiger partial charge in [-0.05, 0) is 50.2 Å². The molecule has 0 bridgehead atoms. The van der Waals surface area contributed by atoms with Crippen LogP contribution < -0.4 is 9.46 Å². The predicted molar refractivity (Wildman–Crippen MR) is 159 cm³/mol. The van der Waals surface area contributed by atoms with E-state index in [1.54, 1.807) is 6.07 Å². The summed E-state index contributed by atoms with van der Waals surface area (Å²) >= 11 is 1.18. The molecule has 0 aromatic heterocycles. The second-order valence-corrected chi connectivity index (χ2v) is 12.3. The van der Waals surface area contributed by atoms with Crippen LogP contribution in [-0.4, -0.2) is 56.0 Å². The van der Waals surface area contributed by atoms with Crippen molar-refractivity contribution in [3.8, 4) is 16.9 Å². The first-order chi connectivity index (χ1) is 19.2. The molecular formula is C32H42F2N2O3S. The zero-order chi connectivity index (χ0) is 28.7. The topological polar surface area (TPSA) is 50.8 Å². The molecule has 2 aromatic rings. The van der Waals surface area contributed by atoms with E-state index in [1.807, 2.05) is 43.3 Å². The Kier molecular flexibility index (Phi) is 10.7. The van der Waals surface area contributed by atoms with Crippen molar-refractivity contribution < 1.29 is 23.0 Å². The Balaban J connectivity index is 1.44. The maximum absolute atomic E-state index is 16.0. The Hall–Kier alpha value is -2.42. The van der Waals surface area contributed by atoms with Gasteiger partial charge in [0.25, 0.3) is 5.92 Å². The maximum Gasteiger partial charge on any atom is 0.298 e. The summed E-state index contributed by atoms with van der Waals surface area (Å²) in [6.07, 6.45) is 12.2. The highest BCUT2D eigenvalue weighted by molar-refractivity contribution is 7.98. The number of amides is 1. The molecule has 2 unspecified atom stereocenters. The number of hydrogen-bond donors (Lipinski definition) is 1. The Labute approximate surface area is 241 Å². The van der Waals surface area contributed by atoms with Crippen molar-refractivity contribution in [2.24, 2.45) is 5.92 Å². The predicted octanol–water partition coefficient (Wildman–Crippen LogP) is 7.14. The van der Waals surface area contributed by atoms with Crippen LogP contribution in [-0.2, 0) is 15.5 Å². The van der Waals surface area contributed by atoms with E-state index in [0.29, 0.717) is 17.2 Å². The van der Waals surface area contributed by atoms with Gasteiger partial charge in [-0.2, -0.15) is 8.78 Å². The molecule has 40 heavy (non-hydrogen) atoms. The van der Waals surface area contributed by atoms with Crippen molar-refractivity contribution in [2.45, 2.75) is 75.2 Å². The Morgan fingerprint density at radius 1 is 1.05 bits per heavy atom. The number of methoxy groups -OCH3 is 1. The van der Waals surface area contributed by atoms with Crippen LogP contribution in [0.3, 0.4) is 0 Å². The molecule has 2 aliphatic rings. The van der Waals surface area contributed by atoms with Gasteiger partial charge in [0.15, 0.2) is 6.04 Å². The fourth-order valence-corrected chi connectivity index (χ4v) is 6.33. The summed E-state index contributed by atoms with van der Waals surface area (Å²) in [6.45, 7) is 2.79. The van der Waals surface area contributed by atoms with Crippen molar-refractivity contribution >= 4 is 17.9 Å². The molecule has 8 heteroatoms. The van der Waals surface area contributed by atoms with E-state index in [1.165, 1.54) is 82.3 Å². The van der Waals surface area contributed by atoms with E-state index >= 15 is 8.78 Å². The highest BCUT2D eigenvalue weighted by Gasteiger charge is 2.47. The van der Waals surface area contributed by atoms with Crippen LogP contribution in [0.2, 0.25) is 0 Å². The summed E-state index contributed by atoms with van der Waals surface area (Å²) in [4.78, 5) is 14.2. The van der Waals surface area contributed by atoms with Gasteiger partial charge < -0.3 is 14.4 Å². The second kappa shape index (κ2) is 14.0. The second-order valence-electron chi connectivity index (χ2n) is 11.2. The van der Waals surface area contributed by atoms with Crippen LogP contribution >= 0.6 is 11.9 Å². The number of aryl methyl sites for hydroxylation is 1. The molecule has 3 atom stereocenters. The molecule has 0 spiro atoms. The molecule has 218 valence electrons. The van der Waals surface area contributed by atoms with Gasteiger partial charge in [-0.1, -0.05) is 85.3 Å². The Bertz CT molecular complexity index is 1150. The van der Waals surface area contributed by atoms with Gasteiger partial charge in [0.2, 0.25) is 5.91 Å². The molecular weight excluding hydrogens is 530 g/mol. The summed E-state index contributed by atoms with van der Waals surface area (Å²) in [5.74, 6) is -3.18. The van der Waals surface area contributed by atoms with Crippen molar-refractivity contribution in [2.75, 3.05) is 27.8 Å². The number of nitrogens with zero attached hydrogens (tertiary/aromatic N) is 1. The lowest BCUT2D eigenvalue weighted by Crippen LogP contribution is -2.51. The Morgan fingerprint density at radius 2 is 1.77 bits per heavy atom. The SMILES string of the molecule is COc1cc(C(F)(F)[C@H](NSC2C=CC(OCC3CCCCC3)CC2)C(=O)N(C)C)ccc1-c1ccc(C)cc1. The lowest BCUT2D eigenvalue weighted by Gasteiger charge is -2.31. The van der Waals surface area contributed by atoms with E-state index in [0.717, 1.165) is 30.6 Å². The number of alkyl halides is 2. The zero-order valence-corrected chi connectivity index (χ0v) is 24.8. The van der Waals surface area contributed by atoms with Gasteiger partial charge in [0.1, 0.15) is 5.75 Å². The van der Waals surface area contributed by atoms with Gasteiger partial charge in [-0.3, -0.25) is 4.79 Å². The van der Waals surface area contributed by atoms with Crippen molar-refractivity contribution in [3.05, 3.63) is 65.7 Å². The average molecular weight is 573 g/mol. The highest BCUT2D eigenvalue weighted by Crippen LogP contribution is 2.40. The first kappa shape index (κ1) is 30.5. The molecule has 1 saturated carbocycles. The van der Waals surface area contributed by atoms with Crippen molar-refractivity contribution in [3.63, 3.8) is 0 Å². The lowest BCUT2D eigenvalue weighted by molar-refractivity contribution is -0.141. The highest BCUT2D eigenvalue weighted by atomic mass is 32.2. The van der Waals surface area contributed by atoms with E-state index in [9.17, 15) is 4.79 Å². The lowest BCUT2D eigenvalue weighted by atomic mass is 9.90. The molecule has 0 heterocycles. The maximum atomic E-state index is 16.0. The van der Waals surface area contributed by atoms with Crippen LogP contribution in [0.15, 0.2) is 54.6 Å². The minimum atomic E-state index is -3.47. The van der Waals surface area contributed by atoms with Gasteiger partial charge in [-0.25, -0.2) is 4.72 Å². The Morgan fingerprint density at radius 3 is 2.40 bits per heavy atom. The van der Waals surface area contributed by atoms with Gasteiger partial charge in [-0.15, -0.1) is 0 Å². The van der Waals surface area contributed by atoms with Crippen LogP contribution in [0.4, 0.5) is 8.78 Å². The fraction of sp³-hybridized carbons (Fsp3) is 0.531. The molecule has 1 N–H and O–H groups in total. The molecule has 2 aromatic carbocycles. The smallest absolute Gasteiger partial charge is 0.298 e. The largest absolute Gasteiger partial charge is 0.496 e. The van der Waals surface area contributed by atoms with Crippen LogP contribution in [0.5, 0.6) is 5.75 Å². The van der Waals surface area contributed by atoms with Gasteiger partial charge in [0.05, 0.1) is 19.8 Å². The van der Waals surface area contributed by atoms with E-state index in [2.05, 4.69) is 4.72 Å². The monoisotopic (exact) mass is 572 g/mol. The quantitative estimate of drug-likeness (QED) is 0.229. The third-order valence-electron chi connectivity index (χ3n) is 7.88. The molecule has 0 saturated heterocycles. The minimum absolute atomic E-state index is 0.0266. The molecule has 4 rings (SSSR count).